The summed E-state index contributed by atoms with van der Waals surface area (Å²) in [6.07, 6.45) is 0. The number of hydrogen-bond acceptors (Lipinski definition) is 1. The molecule has 0 radical (unpaired) electrons. The van der Waals surface area contributed by atoms with Gasteiger partial charge in [0.25, 0.3) is 0 Å². The van der Waals surface area contributed by atoms with Gasteiger partial charge in [-0.2, -0.15) is 0 Å². The molecule has 1 N–H and O–H groups in total. The van der Waals surface area contributed by atoms with E-state index >= 15 is 0 Å². The van der Waals surface area contributed by atoms with Crippen molar-refractivity contribution in [2.45, 2.75) is 13.0 Å². The third-order valence-electron chi connectivity index (χ3n) is 3.08. The van der Waals surface area contributed by atoms with Gasteiger partial charge < -0.3 is 5.32 Å². The molecule has 1 nitrogen and oxygen atoms in total. The van der Waals surface area contributed by atoms with Crippen molar-refractivity contribution in [3.63, 3.8) is 0 Å². The Labute approximate surface area is 112 Å². The van der Waals surface area contributed by atoms with Gasteiger partial charge >= 0.3 is 0 Å². The first-order valence-electron chi connectivity index (χ1n) is 5.82. The molecule has 0 fully saturated rings. The zero-order valence-corrected chi connectivity index (χ0v) is 11.1. The molecule has 0 saturated carbocycles. The van der Waals surface area contributed by atoms with E-state index in [0.29, 0.717) is 5.56 Å². The molecule has 1 atom stereocenters. The van der Waals surface area contributed by atoms with Gasteiger partial charge in [0.15, 0.2) is 0 Å². The molecule has 0 aliphatic rings. The number of nitrogens with one attached hydrogen (secondary N) is 1. The second-order valence-electron chi connectivity index (χ2n) is 4.22. The van der Waals surface area contributed by atoms with Crippen LogP contribution in [0, 0.1) is 12.7 Å². The minimum absolute atomic E-state index is 0.154. The summed E-state index contributed by atoms with van der Waals surface area (Å²) < 4.78 is 14.1. The van der Waals surface area contributed by atoms with Crippen molar-refractivity contribution >= 4 is 11.6 Å². The lowest BCUT2D eigenvalue weighted by molar-refractivity contribution is 0.575. The topological polar surface area (TPSA) is 12.0 Å². The predicted octanol–water partition coefficient (Wildman–Crippen LogP) is 4.10. The van der Waals surface area contributed by atoms with E-state index in [0.717, 1.165) is 11.1 Å². The molecule has 1 unspecified atom stereocenters. The summed E-state index contributed by atoms with van der Waals surface area (Å²) in [5.74, 6) is -0.359. The number of halogens is 2. The van der Waals surface area contributed by atoms with Gasteiger partial charge in [0.2, 0.25) is 0 Å². The fraction of sp³-hybridized carbons (Fsp3) is 0.200. The zero-order chi connectivity index (χ0) is 13.1. The van der Waals surface area contributed by atoms with E-state index in [9.17, 15) is 4.39 Å². The molecule has 0 aliphatic heterocycles. The highest BCUT2D eigenvalue weighted by molar-refractivity contribution is 6.30. The average molecular weight is 264 g/mol. The van der Waals surface area contributed by atoms with Crippen LogP contribution in [-0.4, -0.2) is 7.05 Å². The molecule has 0 saturated heterocycles. The summed E-state index contributed by atoms with van der Waals surface area (Å²) in [6.45, 7) is 2.02. The van der Waals surface area contributed by atoms with E-state index in [1.807, 2.05) is 38.2 Å². The lowest BCUT2D eigenvalue weighted by Gasteiger charge is -2.20. The molecule has 0 aliphatic carbocycles. The van der Waals surface area contributed by atoms with Crippen LogP contribution in [0.2, 0.25) is 5.02 Å². The summed E-state index contributed by atoms with van der Waals surface area (Å²) in [4.78, 5) is 0. The highest BCUT2D eigenvalue weighted by Crippen LogP contribution is 2.29. The SMILES string of the molecule is CNC(c1ccccc1C)c1cccc(Cl)c1F. The van der Waals surface area contributed by atoms with Crippen molar-refractivity contribution < 1.29 is 4.39 Å². The van der Waals surface area contributed by atoms with E-state index in [2.05, 4.69) is 5.32 Å². The van der Waals surface area contributed by atoms with Crippen molar-refractivity contribution in [3.8, 4) is 0 Å². The first-order chi connectivity index (χ1) is 8.65. The van der Waals surface area contributed by atoms with Crippen LogP contribution in [0.1, 0.15) is 22.7 Å². The van der Waals surface area contributed by atoms with Crippen LogP contribution < -0.4 is 5.32 Å². The van der Waals surface area contributed by atoms with Crippen molar-refractivity contribution in [1.29, 1.82) is 0 Å². The highest BCUT2D eigenvalue weighted by Gasteiger charge is 2.18. The Morgan fingerprint density at radius 2 is 1.72 bits per heavy atom. The lowest BCUT2D eigenvalue weighted by atomic mass is 9.95. The van der Waals surface area contributed by atoms with Gasteiger partial charge in [0.05, 0.1) is 11.1 Å². The fourth-order valence-corrected chi connectivity index (χ4v) is 2.31. The highest BCUT2D eigenvalue weighted by atomic mass is 35.5. The van der Waals surface area contributed by atoms with Crippen LogP contribution in [0.4, 0.5) is 4.39 Å². The molecule has 0 spiro atoms. The molecule has 18 heavy (non-hydrogen) atoms. The Morgan fingerprint density at radius 3 is 2.39 bits per heavy atom. The minimum atomic E-state index is -0.359. The number of benzene rings is 2. The van der Waals surface area contributed by atoms with Crippen LogP contribution in [0.25, 0.3) is 0 Å². The minimum Gasteiger partial charge on any atom is -0.309 e. The smallest absolute Gasteiger partial charge is 0.146 e. The quantitative estimate of drug-likeness (QED) is 0.879. The first kappa shape index (κ1) is 13.1. The van der Waals surface area contributed by atoms with Gasteiger partial charge in [-0.25, -0.2) is 4.39 Å². The summed E-state index contributed by atoms with van der Waals surface area (Å²) in [7, 11) is 1.82. The van der Waals surface area contributed by atoms with Crippen LogP contribution in [0.15, 0.2) is 42.5 Å². The van der Waals surface area contributed by atoms with Crippen molar-refractivity contribution in [2.75, 3.05) is 7.05 Å². The van der Waals surface area contributed by atoms with Gasteiger partial charge in [-0.15, -0.1) is 0 Å². The maximum Gasteiger partial charge on any atom is 0.146 e. The number of aryl methyl sites for hydroxylation is 1. The molecule has 94 valence electrons. The molecule has 3 heteroatoms. The van der Waals surface area contributed by atoms with Crippen LogP contribution in [-0.2, 0) is 0 Å². The Hall–Kier alpha value is -1.38. The standard InChI is InChI=1S/C15H15ClFN/c1-10-6-3-4-7-11(10)15(18-2)12-8-5-9-13(16)14(12)17/h3-9,15,18H,1-2H3. The monoisotopic (exact) mass is 263 g/mol. The Morgan fingerprint density at radius 1 is 1.06 bits per heavy atom. The van der Waals surface area contributed by atoms with Gasteiger partial charge in [0.1, 0.15) is 5.82 Å². The van der Waals surface area contributed by atoms with E-state index < -0.39 is 0 Å². The third kappa shape index (κ3) is 2.40. The summed E-state index contributed by atoms with van der Waals surface area (Å²) in [5.41, 5.74) is 2.75. The van der Waals surface area contributed by atoms with Gasteiger partial charge in [0, 0.05) is 5.56 Å². The van der Waals surface area contributed by atoms with Crippen LogP contribution in [0.3, 0.4) is 0 Å². The molecule has 0 bridgehead atoms. The third-order valence-corrected chi connectivity index (χ3v) is 3.37. The van der Waals surface area contributed by atoms with Crippen LogP contribution in [0.5, 0.6) is 0 Å². The zero-order valence-electron chi connectivity index (χ0n) is 10.4. The fourth-order valence-electron chi connectivity index (χ4n) is 2.13. The predicted molar refractivity (Wildman–Crippen MR) is 73.5 cm³/mol. The Balaban J connectivity index is 2.53. The average Bonchev–Trinajstić information content (AvgIpc) is 2.37. The second-order valence-corrected chi connectivity index (χ2v) is 4.63. The normalized spacial score (nSPS) is 12.4. The number of hydrogen-bond donors (Lipinski definition) is 1. The molecule has 2 aromatic carbocycles. The molecular formula is C15H15ClFN. The van der Waals surface area contributed by atoms with E-state index in [1.165, 1.54) is 0 Å². The molecule has 0 heterocycles. The second kappa shape index (κ2) is 5.51. The number of rotatable bonds is 3. The first-order valence-corrected chi connectivity index (χ1v) is 6.19. The maximum atomic E-state index is 14.1. The van der Waals surface area contributed by atoms with E-state index in [-0.39, 0.29) is 16.9 Å². The molecule has 2 rings (SSSR count). The van der Waals surface area contributed by atoms with Crippen molar-refractivity contribution in [1.82, 2.24) is 5.32 Å². The summed E-state index contributed by atoms with van der Waals surface area (Å²) in [6, 6.07) is 12.8. The van der Waals surface area contributed by atoms with Gasteiger partial charge in [-0.05, 0) is 31.2 Å². The van der Waals surface area contributed by atoms with Crippen molar-refractivity contribution in [2.24, 2.45) is 0 Å². The molecule has 0 amide bonds. The Kier molecular flexibility index (Phi) is 4.00. The van der Waals surface area contributed by atoms with E-state index in [4.69, 9.17) is 11.6 Å². The molecular weight excluding hydrogens is 249 g/mol. The lowest BCUT2D eigenvalue weighted by Crippen LogP contribution is -2.20. The molecule has 0 aromatic heterocycles. The summed E-state index contributed by atoms with van der Waals surface area (Å²) in [5, 5.41) is 3.30. The van der Waals surface area contributed by atoms with Gasteiger partial charge in [-0.1, -0.05) is 48.0 Å². The maximum absolute atomic E-state index is 14.1. The Bertz CT molecular complexity index is 554. The molecule has 2 aromatic rings. The summed E-state index contributed by atoms with van der Waals surface area (Å²) >= 11 is 5.84. The van der Waals surface area contributed by atoms with E-state index in [1.54, 1.807) is 18.2 Å². The largest absolute Gasteiger partial charge is 0.309 e. The van der Waals surface area contributed by atoms with Crippen molar-refractivity contribution in [3.05, 3.63) is 70.0 Å². The van der Waals surface area contributed by atoms with Gasteiger partial charge in [-0.3, -0.25) is 0 Å². The van der Waals surface area contributed by atoms with Crippen LogP contribution >= 0.6 is 11.6 Å².